The summed E-state index contributed by atoms with van der Waals surface area (Å²) in [5, 5.41) is 11.7. The van der Waals surface area contributed by atoms with Crippen LogP contribution >= 0.6 is 21.6 Å². The predicted octanol–water partition coefficient (Wildman–Crippen LogP) is 34.1. The SMILES string of the molecule is CCCCCCCCCCCCOc1cc(/C=C/c2cc(OCCCCCCCCCCCC)c(COC(=O)CCCCC3CCSS3)cc2OCCCCCCCCCCCC)c(OCCCCCCCCCCCC)cc1/C=C/c1cc(OCCCCCCCCCCCC)c(CO)cc1OCCCCCCCCCCCC. The average molecular weight is 1640 g/mol. The Morgan fingerprint density at radius 1 is 0.304 bits per heavy atom. The van der Waals surface area contributed by atoms with E-state index in [2.05, 4.69) is 96.2 Å². The molecule has 0 spiro atoms. The number of benzene rings is 3. The number of esters is 1. The fourth-order valence-corrected chi connectivity index (χ4v) is 18.8. The number of carbonyl (C=O) groups excluding carboxylic acids is 1. The molecule has 1 heterocycles. The van der Waals surface area contributed by atoms with Crippen LogP contribution in [0.25, 0.3) is 24.3 Å². The first kappa shape index (κ1) is 103. The molecule has 1 atom stereocenters. The first-order chi connectivity index (χ1) is 56.9. The Morgan fingerprint density at radius 3 is 0.800 bits per heavy atom. The van der Waals surface area contributed by atoms with Crippen molar-refractivity contribution < 1.29 is 43.1 Å². The minimum absolute atomic E-state index is 0.128. The van der Waals surface area contributed by atoms with Crippen LogP contribution in [0.1, 0.15) is 492 Å². The molecule has 1 aliphatic heterocycles. The van der Waals surface area contributed by atoms with E-state index in [1.807, 2.05) is 27.7 Å². The summed E-state index contributed by atoms with van der Waals surface area (Å²) in [6.07, 6.45) is 88.9. The van der Waals surface area contributed by atoms with Gasteiger partial charge in [0.05, 0.1) is 46.2 Å². The third-order valence-corrected chi connectivity index (χ3v) is 26.4. The highest BCUT2D eigenvalue weighted by molar-refractivity contribution is 8.77. The molecule has 11 heteroatoms. The topological polar surface area (TPSA) is 102 Å². The molecule has 1 N–H and O–H groups in total. The summed E-state index contributed by atoms with van der Waals surface area (Å²) in [4.78, 5) is 13.6. The maximum Gasteiger partial charge on any atom is 0.306 e. The second-order valence-corrected chi connectivity index (χ2v) is 37.0. The number of unbranched alkanes of at least 4 members (excludes halogenated alkanes) is 55. The van der Waals surface area contributed by atoms with E-state index in [9.17, 15) is 9.90 Å². The summed E-state index contributed by atoms with van der Waals surface area (Å²) in [6, 6.07) is 12.8. The van der Waals surface area contributed by atoms with Gasteiger partial charge in [-0.05, 0) is 94.2 Å². The zero-order valence-electron chi connectivity index (χ0n) is 75.7. The van der Waals surface area contributed by atoms with Gasteiger partial charge >= 0.3 is 5.97 Å². The van der Waals surface area contributed by atoms with Gasteiger partial charge in [0.1, 0.15) is 41.1 Å². The van der Waals surface area contributed by atoms with Gasteiger partial charge in [0.2, 0.25) is 0 Å². The fourth-order valence-electron chi connectivity index (χ4n) is 15.8. The molecule has 3 aromatic carbocycles. The van der Waals surface area contributed by atoms with E-state index in [4.69, 9.17) is 33.2 Å². The largest absolute Gasteiger partial charge is 0.493 e. The minimum atomic E-state index is -0.151. The van der Waals surface area contributed by atoms with Gasteiger partial charge in [-0.2, -0.15) is 0 Å². The van der Waals surface area contributed by atoms with Gasteiger partial charge in [-0.15, -0.1) is 0 Å². The minimum Gasteiger partial charge on any atom is -0.493 e. The van der Waals surface area contributed by atoms with Gasteiger partial charge in [0.25, 0.3) is 0 Å². The molecule has 1 saturated heterocycles. The highest BCUT2D eigenvalue weighted by atomic mass is 33.1. The van der Waals surface area contributed by atoms with Crippen LogP contribution in [-0.2, 0) is 22.7 Å². The third kappa shape index (κ3) is 54.9. The lowest BCUT2D eigenvalue weighted by Crippen LogP contribution is -2.08. The van der Waals surface area contributed by atoms with Crippen LogP contribution in [-0.4, -0.2) is 61.7 Å². The van der Waals surface area contributed by atoms with Crippen molar-refractivity contribution in [3.05, 3.63) is 69.8 Å². The van der Waals surface area contributed by atoms with E-state index in [1.165, 1.54) is 320 Å². The zero-order valence-corrected chi connectivity index (χ0v) is 77.3. The Labute approximate surface area is 717 Å². The van der Waals surface area contributed by atoms with Gasteiger partial charge in [0.15, 0.2) is 0 Å². The third-order valence-electron chi connectivity index (χ3n) is 23.4. The Bertz CT molecular complexity index is 2770. The number of hydrogen-bond donors (Lipinski definition) is 1. The Kier molecular flexibility index (Phi) is 68.5. The van der Waals surface area contributed by atoms with Crippen LogP contribution in [0.3, 0.4) is 0 Å². The van der Waals surface area contributed by atoms with E-state index in [0.29, 0.717) is 51.3 Å². The number of hydrogen-bond acceptors (Lipinski definition) is 11. The highest BCUT2D eigenvalue weighted by Gasteiger charge is 2.20. The van der Waals surface area contributed by atoms with Crippen LogP contribution in [0, 0.1) is 0 Å². The Hall–Kier alpha value is -3.93. The maximum atomic E-state index is 13.6. The van der Waals surface area contributed by atoms with E-state index in [1.54, 1.807) is 0 Å². The molecule has 3 aromatic rings. The molecule has 0 saturated carbocycles. The summed E-state index contributed by atoms with van der Waals surface area (Å²) < 4.78 is 47.7. The second kappa shape index (κ2) is 76.2. The van der Waals surface area contributed by atoms with Crippen LogP contribution in [0.2, 0.25) is 0 Å². The molecular formula is C104H178O9S2. The van der Waals surface area contributed by atoms with Gasteiger partial charge in [-0.25, -0.2) is 0 Å². The number of ether oxygens (including phenoxy) is 7. The summed E-state index contributed by atoms with van der Waals surface area (Å²) in [5.74, 6) is 5.69. The van der Waals surface area contributed by atoms with E-state index < -0.39 is 0 Å². The lowest BCUT2D eigenvalue weighted by Gasteiger charge is -2.18. The quantitative estimate of drug-likeness (QED) is 0.0253. The molecule has 0 amide bonds. The molecular weight excluding hydrogens is 1460 g/mol. The second-order valence-electron chi connectivity index (χ2n) is 34.2. The van der Waals surface area contributed by atoms with Crippen molar-refractivity contribution >= 4 is 51.9 Å². The standard InChI is InChI=1S/C104H178O9S2/c1-7-13-19-25-31-37-43-49-55-63-76-107-98-84-92(72-74-94-86-103(112-81-68-60-54-48-42-36-30-24-18-12-6)96(90-113-104(106)70-62-61-69-97-75-82-114-115-97)88-101(94)110-79-66-58-52-46-40-34-28-22-16-10-4)99(108-77-64-56-50-44-38-32-26-20-14-8-2)83-91(98)71-73-93-85-102(111-80-67-59-53-47-41-35-29-23-17-11-5)95(89-105)87-100(93)109-78-65-57-51-45-39-33-27-21-15-9-3/h71-74,83-88,97,105H,7-70,75-82,89-90H2,1-6H3/b73-71+,74-72+. The van der Waals surface area contributed by atoms with Crippen molar-refractivity contribution in [2.45, 2.75) is 477 Å². The van der Waals surface area contributed by atoms with Crippen molar-refractivity contribution in [3.8, 4) is 34.5 Å². The van der Waals surface area contributed by atoms with Crippen LogP contribution in [0.4, 0.5) is 0 Å². The maximum absolute atomic E-state index is 13.6. The van der Waals surface area contributed by atoms with Crippen molar-refractivity contribution in [3.63, 3.8) is 0 Å². The first-order valence-electron chi connectivity index (χ1n) is 49.6. The average Bonchev–Trinajstić information content (AvgIpc) is 1.05. The summed E-state index contributed by atoms with van der Waals surface area (Å²) >= 11 is 0. The first-order valence-corrected chi connectivity index (χ1v) is 51.9. The van der Waals surface area contributed by atoms with Crippen molar-refractivity contribution in [2.24, 2.45) is 0 Å². The van der Waals surface area contributed by atoms with Gasteiger partial charge < -0.3 is 38.3 Å². The number of rotatable bonds is 84. The van der Waals surface area contributed by atoms with Gasteiger partial charge in [-0.1, -0.05) is 441 Å². The van der Waals surface area contributed by atoms with Crippen molar-refractivity contribution in [1.82, 2.24) is 0 Å². The smallest absolute Gasteiger partial charge is 0.306 e. The molecule has 9 nitrogen and oxygen atoms in total. The summed E-state index contributed by atoms with van der Waals surface area (Å²) in [5.41, 5.74) is 5.33. The summed E-state index contributed by atoms with van der Waals surface area (Å²) in [7, 11) is 4.00. The molecule has 0 bridgehead atoms. The zero-order chi connectivity index (χ0) is 81.8. The number of aliphatic hydroxyl groups excluding tert-OH is 1. The molecule has 1 unspecified atom stereocenters. The number of carbonyl (C=O) groups is 1. The highest BCUT2D eigenvalue weighted by Crippen LogP contribution is 2.41. The lowest BCUT2D eigenvalue weighted by molar-refractivity contribution is -0.145. The molecule has 0 aliphatic carbocycles. The molecule has 660 valence electrons. The molecule has 0 aromatic heterocycles. The lowest BCUT2D eigenvalue weighted by atomic mass is 10.0. The Balaban J connectivity index is 1.83. The van der Waals surface area contributed by atoms with E-state index >= 15 is 0 Å². The molecule has 4 rings (SSSR count). The molecule has 0 radical (unpaired) electrons. The molecule has 115 heavy (non-hydrogen) atoms. The predicted molar refractivity (Wildman–Crippen MR) is 504 cm³/mol. The van der Waals surface area contributed by atoms with Crippen molar-refractivity contribution in [2.75, 3.05) is 45.4 Å². The fraction of sp³-hybridized carbons (Fsp3) is 0.779. The Morgan fingerprint density at radius 2 is 0.539 bits per heavy atom. The number of aliphatic hydroxyl groups is 1. The monoisotopic (exact) mass is 1640 g/mol. The van der Waals surface area contributed by atoms with Crippen LogP contribution < -0.4 is 28.4 Å². The van der Waals surface area contributed by atoms with Crippen molar-refractivity contribution in [1.29, 1.82) is 0 Å². The van der Waals surface area contributed by atoms with Crippen LogP contribution in [0.15, 0.2) is 36.4 Å². The molecule has 1 fully saturated rings. The van der Waals surface area contributed by atoms with Crippen LogP contribution in [0.5, 0.6) is 34.5 Å². The summed E-state index contributed by atoms with van der Waals surface area (Å²) in [6.45, 7) is 17.4. The molecule has 1 aliphatic rings. The van der Waals surface area contributed by atoms with Gasteiger partial charge in [0, 0.05) is 50.8 Å². The normalized spacial score (nSPS) is 13.0. The van der Waals surface area contributed by atoms with E-state index in [-0.39, 0.29) is 19.2 Å². The van der Waals surface area contributed by atoms with Gasteiger partial charge in [-0.3, -0.25) is 4.79 Å². The van der Waals surface area contributed by atoms with E-state index in [0.717, 1.165) is 164 Å².